The van der Waals surface area contributed by atoms with Crippen molar-refractivity contribution in [3.05, 3.63) is 65.1 Å². The molecule has 0 saturated carbocycles. The SMILES string of the molecule is O=C(O)Cc1cc(Nc2ccc(F)c(Cl)c2)c2ccccc2n1. The zero-order valence-electron chi connectivity index (χ0n) is 11.9. The highest BCUT2D eigenvalue weighted by molar-refractivity contribution is 6.31. The van der Waals surface area contributed by atoms with E-state index in [2.05, 4.69) is 10.3 Å². The van der Waals surface area contributed by atoms with Gasteiger partial charge in [-0.1, -0.05) is 29.8 Å². The molecule has 2 N–H and O–H groups in total. The number of hydrogen-bond donors (Lipinski definition) is 2. The maximum absolute atomic E-state index is 13.3. The molecule has 0 amide bonds. The Bertz CT molecular complexity index is 899. The standard InChI is InChI=1S/C17H12ClFN2O2/c18-13-7-10(5-6-14(13)19)20-16-8-11(9-17(22)23)21-15-4-2-1-3-12(15)16/h1-8H,9H2,(H,20,21)(H,22,23). The van der Waals surface area contributed by atoms with Gasteiger partial charge in [-0.3, -0.25) is 9.78 Å². The molecular formula is C17H12ClFN2O2. The van der Waals surface area contributed by atoms with E-state index in [1.165, 1.54) is 12.1 Å². The lowest BCUT2D eigenvalue weighted by molar-refractivity contribution is -0.136. The van der Waals surface area contributed by atoms with Crippen molar-refractivity contribution in [1.82, 2.24) is 4.98 Å². The summed E-state index contributed by atoms with van der Waals surface area (Å²) in [5.41, 5.74) is 2.41. The van der Waals surface area contributed by atoms with Gasteiger partial charge in [0.1, 0.15) is 5.82 Å². The summed E-state index contributed by atoms with van der Waals surface area (Å²) < 4.78 is 13.3. The molecule has 0 aliphatic heterocycles. The smallest absolute Gasteiger partial charge is 0.309 e. The molecule has 0 bridgehead atoms. The van der Waals surface area contributed by atoms with E-state index in [4.69, 9.17) is 16.7 Å². The summed E-state index contributed by atoms with van der Waals surface area (Å²) in [5, 5.41) is 13.0. The third-order valence-electron chi connectivity index (χ3n) is 3.30. The van der Waals surface area contributed by atoms with Gasteiger partial charge in [0, 0.05) is 16.8 Å². The molecule has 0 spiro atoms. The topological polar surface area (TPSA) is 62.2 Å². The molecule has 0 radical (unpaired) electrons. The van der Waals surface area contributed by atoms with Crippen molar-refractivity contribution < 1.29 is 14.3 Å². The molecule has 4 nitrogen and oxygen atoms in total. The van der Waals surface area contributed by atoms with Gasteiger partial charge in [-0.05, 0) is 30.3 Å². The van der Waals surface area contributed by atoms with E-state index in [0.717, 1.165) is 5.39 Å². The first-order valence-corrected chi connectivity index (χ1v) is 7.23. The van der Waals surface area contributed by atoms with Gasteiger partial charge < -0.3 is 10.4 Å². The number of rotatable bonds is 4. The van der Waals surface area contributed by atoms with Crippen LogP contribution in [-0.4, -0.2) is 16.1 Å². The molecule has 0 unspecified atom stereocenters. The molecule has 6 heteroatoms. The Morgan fingerprint density at radius 1 is 1.22 bits per heavy atom. The van der Waals surface area contributed by atoms with Crippen molar-refractivity contribution in [3.63, 3.8) is 0 Å². The lowest BCUT2D eigenvalue weighted by Crippen LogP contribution is -2.04. The number of nitrogens with one attached hydrogen (secondary N) is 1. The van der Waals surface area contributed by atoms with Crippen molar-refractivity contribution in [1.29, 1.82) is 0 Å². The number of carboxylic acid groups (broad SMARTS) is 1. The van der Waals surface area contributed by atoms with Gasteiger partial charge in [0.25, 0.3) is 0 Å². The number of nitrogens with zero attached hydrogens (tertiary/aromatic N) is 1. The Morgan fingerprint density at radius 3 is 2.74 bits per heavy atom. The highest BCUT2D eigenvalue weighted by Gasteiger charge is 2.09. The quantitative estimate of drug-likeness (QED) is 0.744. The molecule has 116 valence electrons. The number of benzene rings is 2. The second kappa shape index (κ2) is 6.22. The fraction of sp³-hybridized carbons (Fsp3) is 0.0588. The fourth-order valence-electron chi connectivity index (χ4n) is 2.31. The number of fused-ring (bicyclic) bond motifs is 1. The number of anilines is 2. The predicted molar refractivity (Wildman–Crippen MR) is 87.8 cm³/mol. The van der Waals surface area contributed by atoms with Crippen LogP contribution in [0, 0.1) is 5.82 Å². The maximum atomic E-state index is 13.3. The second-order valence-corrected chi connectivity index (χ2v) is 5.41. The van der Waals surface area contributed by atoms with Crippen LogP contribution in [0.25, 0.3) is 10.9 Å². The normalized spacial score (nSPS) is 10.7. The fourth-order valence-corrected chi connectivity index (χ4v) is 2.49. The van der Waals surface area contributed by atoms with E-state index in [0.29, 0.717) is 22.6 Å². The van der Waals surface area contributed by atoms with Gasteiger partial charge in [0.2, 0.25) is 0 Å². The largest absolute Gasteiger partial charge is 0.481 e. The van der Waals surface area contributed by atoms with Crippen LogP contribution in [-0.2, 0) is 11.2 Å². The summed E-state index contributed by atoms with van der Waals surface area (Å²) in [6.07, 6.45) is -0.177. The van der Waals surface area contributed by atoms with Crippen LogP contribution >= 0.6 is 11.6 Å². The molecule has 1 aromatic heterocycles. The molecule has 1 heterocycles. The van der Waals surface area contributed by atoms with Gasteiger partial charge in [-0.25, -0.2) is 4.39 Å². The van der Waals surface area contributed by atoms with Crippen molar-refractivity contribution in [2.45, 2.75) is 6.42 Å². The molecule has 0 fully saturated rings. The summed E-state index contributed by atoms with van der Waals surface area (Å²) in [7, 11) is 0. The Morgan fingerprint density at radius 2 is 2.00 bits per heavy atom. The Hall–Kier alpha value is -2.66. The molecule has 3 rings (SSSR count). The van der Waals surface area contributed by atoms with Crippen molar-refractivity contribution >= 4 is 39.8 Å². The molecule has 3 aromatic rings. The summed E-state index contributed by atoms with van der Waals surface area (Å²) >= 11 is 5.79. The van der Waals surface area contributed by atoms with Crippen LogP contribution in [0.1, 0.15) is 5.69 Å². The van der Waals surface area contributed by atoms with Crippen molar-refractivity contribution in [2.24, 2.45) is 0 Å². The number of aromatic nitrogens is 1. The summed E-state index contributed by atoms with van der Waals surface area (Å²) in [6.45, 7) is 0. The number of aliphatic carboxylic acids is 1. The first-order valence-electron chi connectivity index (χ1n) is 6.85. The molecule has 0 aliphatic rings. The number of carbonyl (C=O) groups is 1. The highest BCUT2D eigenvalue weighted by atomic mass is 35.5. The lowest BCUT2D eigenvalue weighted by Gasteiger charge is -2.12. The molecule has 0 atom stereocenters. The van der Waals surface area contributed by atoms with Gasteiger partial charge in [0.05, 0.1) is 22.7 Å². The van der Waals surface area contributed by atoms with Gasteiger partial charge in [-0.2, -0.15) is 0 Å². The van der Waals surface area contributed by atoms with E-state index in [9.17, 15) is 9.18 Å². The van der Waals surface area contributed by atoms with Gasteiger partial charge in [-0.15, -0.1) is 0 Å². The predicted octanol–water partition coefficient (Wildman–Crippen LogP) is 4.40. The summed E-state index contributed by atoms with van der Waals surface area (Å²) in [6, 6.07) is 13.4. The van der Waals surface area contributed by atoms with Crippen LogP contribution in [0.5, 0.6) is 0 Å². The van der Waals surface area contributed by atoms with Crippen LogP contribution in [0.2, 0.25) is 5.02 Å². The summed E-state index contributed by atoms with van der Waals surface area (Å²) in [5.74, 6) is -1.45. The molecule has 2 aromatic carbocycles. The number of para-hydroxylation sites is 1. The molecule has 0 saturated heterocycles. The third-order valence-corrected chi connectivity index (χ3v) is 3.59. The van der Waals surface area contributed by atoms with E-state index >= 15 is 0 Å². The highest BCUT2D eigenvalue weighted by Crippen LogP contribution is 2.28. The van der Waals surface area contributed by atoms with Crippen molar-refractivity contribution in [2.75, 3.05) is 5.32 Å². The monoisotopic (exact) mass is 330 g/mol. The van der Waals surface area contributed by atoms with Crippen LogP contribution in [0.15, 0.2) is 48.5 Å². The minimum absolute atomic E-state index is 0.0131. The maximum Gasteiger partial charge on any atom is 0.309 e. The first kappa shape index (κ1) is 15.2. The second-order valence-electron chi connectivity index (χ2n) is 5.00. The van der Waals surface area contributed by atoms with Crippen molar-refractivity contribution in [3.8, 4) is 0 Å². The van der Waals surface area contributed by atoms with Gasteiger partial charge >= 0.3 is 5.97 Å². The van der Waals surface area contributed by atoms with E-state index < -0.39 is 11.8 Å². The minimum atomic E-state index is -0.955. The number of carboxylic acids is 1. The molecule has 23 heavy (non-hydrogen) atoms. The van der Waals surface area contributed by atoms with E-state index in [-0.39, 0.29) is 11.4 Å². The number of hydrogen-bond acceptors (Lipinski definition) is 3. The lowest BCUT2D eigenvalue weighted by atomic mass is 10.1. The number of pyridine rings is 1. The average Bonchev–Trinajstić information content (AvgIpc) is 2.50. The van der Waals surface area contributed by atoms with E-state index in [1.807, 2.05) is 24.3 Å². The Labute approximate surface area is 136 Å². The third kappa shape index (κ3) is 3.40. The minimum Gasteiger partial charge on any atom is -0.481 e. The van der Waals surface area contributed by atoms with E-state index in [1.54, 1.807) is 12.1 Å². The molecule has 0 aliphatic carbocycles. The summed E-state index contributed by atoms with van der Waals surface area (Å²) in [4.78, 5) is 15.3. The first-order chi connectivity index (χ1) is 11.0. The average molecular weight is 331 g/mol. The molecular weight excluding hydrogens is 319 g/mol. The number of halogens is 2. The Kier molecular flexibility index (Phi) is 4.12. The van der Waals surface area contributed by atoms with Crippen LogP contribution in [0.4, 0.5) is 15.8 Å². The van der Waals surface area contributed by atoms with Crippen LogP contribution < -0.4 is 5.32 Å². The zero-order valence-corrected chi connectivity index (χ0v) is 12.6. The Balaban J connectivity index is 2.06. The zero-order chi connectivity index (χ0) is 16.4. The van der Waals surface area contributed by atoms with Gasteiger partial charge in [0.15, 0.2) is 0 Å². The van der Waals surface area contributed by atoms with Crippen LogP contribution in [0.3, 0.4) is 0 Å².